The molecule has 1 fully saturated rings. The van der Waals surface area contributed by atoms with Gasteiger partial charge in [-0.1, -0.05) is 0 Å². The van der Waals surface area contributed by atoms with E-state index in [1.165, 1.54) is 11.3 Å². The molecule has 0 radical (unpaired) electrons. The van der Waals surface area contributed by atoms with E-state index >= 15 is 0 Å². The van der Waals surface area contributed by atoms with Crippen molar-refractivity contribution >= 4 is 34.0 Å². The zero-order valence-electron chi connectivity index (χ0n) is 12.4. The van der Waals surface area contributed by atoms with Gasteiger partial charge in [0.1, 0.15) is 0 Å². The van der Waals surface area contributed by atoms with Crippen LogP contribution in [0.5, 0.6) is 0 Å². The van der Waals surface area contributed by atoms with Gasteiger partial charge in [-0.25, -0.2) is 0 Å². The number of hydrogen-bond donors (Lipinski definition) is 0. The number of aromatic nitrogens is 1. The molecule has 0 amide bonds. The highest BCUT2D eigenvalue weighted by Gasteiger charge is 2.52. The van der Waals surface area contributed by atoms with Gasteiger partial charge in [-0.2, -0.15) is 0 Å². The fourth-order valence-electron chi connectivity index (χ4n) is 2.36. The Bertz CT molecular complexity index is 716. The quantitative estimate of drug-likeness (QED) is 0.753. The second-order valence-electron chi connectivity index (χ2n) is 6.25. The SMILES string of the molecule is Cn1cc(B2OC(C)(C)C(C)(C)O2)c2ccsc2c1=O. The summed E-state index contributed by atoms with van der Waals surface area (Å²) in [6.45, 7) is 8.11. The van der Waals surface area contributed by atoms with Crippen LogP contribution in [0.1, 0.15) is 27.7 Å². The van der Waals surface area contributed by atoms with Crippen LogP contribution < -0.4 is 11.0 Å². The molecule has 1 aliphatic heterocycles. The van der Waals surface area contributed by atoms with E-state index in [4.69, 9.17) is 9.31 Å². The van der Waals surface area contributed by atoms with Crippen molar-refractivity contribution in [3.8, 4) is 0 Å². The molecule has 0 unspecified atom stereocenters. The number of aryl methyl sites for hydroxylation is 1. The zero-order valence-corrected chi connectivity index (χ0v) is 13.2. The molecule has 106 valence electrons. The van der Waals surface area contributed by atoms with Gasteiger partial charge in [0.2, 0.25) is 0 Å². The average molecular weight is 291 g/mol. The smallest absolute Gasteiger partial charge is 0.399 e. The van der Waals surface area contributed by atoms with E-state index in [9.17, 15) is 4.79 Å². The molecule has 0 N–H and O–H groups in total. The molecule has 0 spiro atoms. The third-order valence-electron chi connectivity index (χ3n) is 4.33. The van der Waals surface area contributed by atoms with Crippen molar-refractivity contribution in [1.82, 2.24) is 4.57 Å². The molecule has 3 heterocycles. The summed E-state index contributed by atoms with van der Waals surface area (Å²) in [5.74, 6) is 0. The van der Waals surface area contributed by atoms with Gasteiger partial charge < -0.3 is 13.9 Å². The van der Waals surface area contributed by atoms with E-state index in [0.717, 1.165) is 15.5 Å². The summed E-state index contributed by atoms with van der Waals surface area (Å²) in [7, 11) is 1.32. The third-order valence-corrected chi connectivity index (χ3v) is 5.23. The topological polar surface area (TPSA) is 40.5 Å². The first-order valence-corrected chi connectivity index (χ1v) is 7.53. The number of fused-ring (bicyclic) bond motifs is 1. The van der Waals surface area contributed by atoms with Gasteiger partial charge in [-0.3, -0.25) is 4.79 Å². The van der Waals surface area contributed by atoms with Gasteiger partial charge in [-0.15, -0.1) is 11.3 Å². The molecule has 20 heavy (non-hydrogen) atoms. The van der Waals surface area contributed by atoms with Crippen LogP contribution >= 0.6 is 11.3 Å². The van der Waals surface area contributed by atoms with Crippen LogP contribution in [0.15, 0.2) is 22.4 Å². The highest BCUT2D eigenvalue weighted by atomic mass is 32.1. The van der Waals surface area contributed by atoms with Crippen molar-refractivity contribution in [3.05, 3.63) is 28.0 Å². The second kappa shape index (κ2) is 4.19. The summed E-state index contributed by atoms with van der Waals surface area (Å²) in [6.07, 6.45) is 1.82. The summed E-state index contributed by atoms with van der Waals surface area (Å²) in [5, 5.41) is 2.86. The molecule has 2 aromatic rings. The molecule has 0 aliphatic carbocycles. The maximum atomic E-state index is 12.1. The zero-order chi connectivity index (χ0) is 14.7. The number of thiophene rings is 1. The van der Waals surface area contributed by atoms with Gasteiger partial charge in [0.05, 0.1) is 15.9 Å². The van der Waals surface area contributed by atoms with Crippen LogP contribution in [-0.2, 0) is 16.4 Å². The lowest BCUT2D eigenvalue weighted by atomic mass is 9.78. The molecule has 6 heteroatoms. The van der Waals surface area contributed by atoms with E-state index in [0.29, 0.717) is 0 Å². The van der Waals surface area contributed by atoms with Crippen molar-refractivity contribution < 1.29 is 9.31 Å². The Kier molecular flexibility index (Phi) is 2.91. The first kappa shape index (κ1) is 13.9. The Morgan fingerprint density at radius 2 is 1.80 bits per heavy atom. The highest BCUT2D eigenvalue weighted by Crippen LogP contribution is 2.37. The van der Waals surface area contributed by atoms with Crippen molar-refractivity contribution in [2.24, 2.45) is 7.05 Å². The first-order valence-electron chi connectivity index (χ1n) is 6.65. The first-order chi connectivity index (χ1) is 9.23. The van der Waals surface area contributed by atoms with Crippen molar-refractivity contribution in [3.63, 3.8) is 0 Å². The summed E-state index contributed by atoms with van der Waals surface area (Å²) in [5.41, 5.74) is 0.181. The summed E-state index contributed by atoms with van der Waals surface area (Å²) >= 11 is 1.46. The maximum absolute atomic E-state index is 12.1. The standard InChI is InChI=1S/C14H18BNO3S/c1-13(2)14(3,4)19-15(18-13)10-8-16(5)12(17)11-9(10)6-7-20-11/h6-8H,1-5H3. The van der Waals surface area contributed by atoms with Crippen molar-refractivity contribution in [2.75, 3.05) is 0 Å². The number of nitrogens with zero attached hydrogens (tertiary/aromatic N) is 1. The average Bonchev–Trinajstić information content (AvgIpc) is 2.88. The molecule has 1 saturated heterocycles. The number of rotatable bonds is 1. The van der Waals surface area contributed by atoms with Crippen LogP contribution in [0, 0.1) is 0 Å². The van der Waals surface area contributed by atoms with Crippen LogP contribution in [0.4, 0.5) is 0 Å². The van der Waals surface area contributed by atoms with Gasteiger partial charge in [0.25, 0.3) is 5.56 Å². The Morgan fingerprint density at radius 3 is 2.40 bits per heavy atom. The third kappa shape index (κ3) is 1.86. The Morgan fingerprint density at radius 1 is 1.20 bits per heavy atom. The molecule has 0 atom stereocenters. The fraction of sp³-hybridized carbons (Fsp3) is 0.500. The Labute approximate surface area is 122 Å². The summed E-state index contributed by atoms with van der Waals surface area (Å²) in [6, 6.07) is 1.96. The summed E-state index contributed by atoms with van der Waals surface area (Å²) in [4.78, 5) is 12.1. The lowest BCUT2D eigenvalue weighted by Gasteiger charge is -2.32. The number of pyridine rings is 1. The molecule has 1 aliphatic rings. The van der Waals surface area contributed by atoms with Crippen molar-refractivity contribution in [2.45, 2.75) is 38.9 Å². The lowest BCUT2D eigenvalue weighted by Crippen LogP contribution is -2.41. The van der Waals surface area contributed by atoms with E-state index < -0.39 is 7.12 Å². The molecular formula is C14H18BNO3S. The maximum Gasteiger partial charge on any atom is 0.497 e. The fourth-order valence-corrected chi connectivity index (χ4v) is 3.25. The molecule has 4 nitrogen and oxygen atoms in total. The minimum absolute atomic E-state index is 0.0234. The Balaban J connectivity index is 2.15. The normalized spacial score (nSPS) is 20.8. The molecule has 0 saturated carbocycles. The highest BCUT2D eigenvalue weighted by molar-refractivity contribution is 7.17. The van der Waals surface area contributed by atoms with Crippen LogP contribution in [0.25, 0.3) is 10.1 Å². The predicted octanol–water partition coefficient (Wildman–Crippen LogP) is 1.90. The van der Waals surface area contributed by atoms with Crippen LogP contribution in [0.3, 0.4) is 0 Å². The monoisotopic (exact) mass is 291 g/mol. The summed E-state index contributed by atoms with van der Waals surface area (Å²) < 4.78 is 14.5. The van der Waals surface area contributed by atoms with Gasteiger partial charge >= 0.3 is 7.12 Å². The van der Waals surface area contributed by atoms with Crippen LogP contribution in [-0.4, -0.2) is 22.9 Å². The van der Waals surface area contributed by atoms with Crippen LogP contribution in [0.2, 0.25) is 0 Å². The molecular weight excluding hydrogens is 273 g/mol. The molecule has 2 aromatic heterocycles. The largest absolute Gasteiger partial charge is 0.497 e. The molecule has 3 rings (SSSR count). The van der Waals surface area contributed by atoms with E-state index in [-0.39, 0.29) is 16.8 Å². The second-order valence-corrected chi connectivity index (χ2v) is 7.17. The number of hydrogen-bond acceptors (Lipinski definition) is 4. The Hall–Kier alpha value is -1.11. The minimum Gasteiger partial charge on any atom is -0.399 e. The van der Waals surface area contributed by atoms with E-state index in [1.54, 1.807) is 11.6 Å². The van der Waals surface area contributed by atoms with Gasteiger partial charge in [0.15, 0.2) is 0 Å². The molecule has 0 aromatic carbocycles. The van der Waals surface area contributed by atoms with Gasteiger partial charge in [-0.05, 0) is 44.5 Å². The van der Waals surface area contributed by atoms with Crippen molar-refractivity contribution in [1.29, 1.82) is 0 Å². The minimum atomic E-state index is -0.441. The van der Waals surface area contributed by atoms with E-state index in [1.807, 2.05) is 45.3 Å². The lowest BCUT2D eigenvalue weighted by molar-refractivity contribution is 0.00578. The van der Waals surface area contributed by atoms with E-state index in [2.05, 4.69) is 0 Å². The predicted molar refractivity (Wildman–Crippen MR) is 82.8 cm³/mol. The molecule has 0 bridgehead atoms. The van der Waals surface area contributed by atoms with Gasteiger partial charge in [0, 0.05) is 18.7 Å².